The molecule has 0 fully saturated rings. The van der Waals surface area contributed by atoms with Crippen LogP contribution in [0.25, 0.3) is 11.3 Å². The van der Waals surface area contributed by atoms with Crippen LogP contribution in [0.4, 0.5) is 0 Å². The first kappa shape index (κ1) is 9.68. The van der Waals surface area contributed by atoms with E-state index in [-0.39, 0.29) is 6.79 Å². The summed E-state index contributed by atoms with van der Waals surface area (Å²) >= 11 is 0. The predicted octanol–water partition coefficient (Wildman–Crippen LogP) is 2.08. The van der Waals surface area contributed by atoms with Crippen molar-refractivity contribution in [1.29, 1.82) is 0 Å². The predicted molar refractivity (Wildman–Crippen MR) is 57.4 cm³/mol. The lowest BCUT2D eigenvalue weighted by Crippen LogP contribution is -1.93. The number of benzene rings is 1. The van der Waals surface area contributed by atoms with Crippen molar-refractivity contribution in [3.05, 3.63) is 48.7 Å². The minimum absolute atomic E-state index is 0.303. The van der Waals surface area contributed by atoms with Gasteiger partial charge in [-0.3, -0.25) is 4.98 Å². The highest BCUT2D eigenvalue weighted by atomic mass is 16.6. The molecule has 1 N–H and O–H groups in total. The van der Waals surface area contributed by atoms with Crippen molar-refractivity contribution in [3.8, 4) is 17.0 Å². The van der Waals surface area contributed by atoms with E-state index in [4.69, 9.17) is 9.84 Å². The molecule has 0 aliphatic heterocycles. The fourth-order valence-electron chi connectivity index (χ4n) is 1.33. The number of aliphatic hydroxyl groups is 1. The Hall–Kier alpha value is -1.87. The van der Waals surface area contributed by atoms with E-state index >= 15 is 0 Å². The summed E-state index contributed by atoms with van der Waals surface area (Å²) in [4.78, 5) is 4.23. The second-order valence-corrected chi connectivity index (χ2v) is 3.01. The molecular weight excluding hydrogens is 190 g/mol. The zero-order valence-electron chi connectivity index (χ0n) is 8.13. The summed E-state index contributed by atoms with van der Waals surface area (Å²) in [6.45, 7) is -0.303. The maximum atomic E-state index is 8.57. The van der Waals surface area contributed by atoms with Gasteiger partial charge in [0.2, 0.25) is 0 Å². The van der Waals surface area contributed by atoms with Crippen molar-refractivity contribution < 1.29 is 9.84 Å². The Morgan fingerprint density at radius 3 is 2.47 bits per heavy atom. The minimum Gasteiger partial charge on any atom is -0.468 e. The molecule has 0 atom stereocenters. The van der Waals surface area contributed by atoms with Gasteiger partial charge in [0, 0.05) is 11.8 Å². The van der Waals surface area contributed by atoms with Gasteiger partial charge in [0.05, 0.1) is 5.69 Å². The van der Waals surface area contributed by atoms with E-state index in [0.29, 0.717) is 5.75 Å². The third kappa shape index (κ3) is 2.33. The molecule has 1 aromatic heterocycles. The molecule has 2 rings (SSSR count). The van der Waals surface area contributed by atoms with Crippen molar-refractivity contribution in [2.45, 2.75) is 0 Å². The highest BCUT2D eigenvalue weighted by molar-refractivity contribution is 5.59. The van der Waals surface area contributed by atoms with E-state index in [1.165, 1.54) is 0 Å². The van der Waals surface area contributed by atoms with Gasteiger partial charge in [-0.15, -0.1) is 0 Å². The first-order valence-corrected chi connectivity index (χ1v) is 4.65. The van der Waals surface area contributed by atoms with Gasteiger partial charge in [0.25, 0.3) is 0 Å². The molecule has 3 nitrogen and oxygen atoms in total. The molecule has 15 heavy (non-hydrogen) atoms. The molecule has 0 aliphatic rings. The highest BCUT2D eigenvalue weighted by Crippen LogP contribution is 2.19. The molecule has 0 unspecified atom stereocenters. The molecule has 1 heterocycles. The zero-order chi connectivity index (χ0) is 10.5. The van der Waals surface area contributed by atoms with Gasteiger partial charge in [0.15, 0.2) is 6.79 Å². The molecule has 0 amide bonds. The van der Waals surface area contributed by atoms with Crippen LogP contribution in [0.5, 0.6) is 5.75 Å². The third-order valence-corrected chi connectivity index (χ3v) is 2.05. The summed E-state index contributed by atoms with van der Waals surface area (Å²) in [5.74, 6) is 0.650. The molecule has 0 saturated heterocycles. The summed E-state index contributed by atoms with van der Waals surface area (Å²) in [5.41, 5.74) is 1.95. The SMILES string of the molecule is OCOc1ccc(-c2ccccn2)cc1. The van der Waals surface area contributed by atoms with Crippen LogP contribution in [0.15, 0.2) is 48.7 Å². The number of hydrogen-bond acceptors (Lipinski definition) is 3. The quantitative estimate of drug-likeness (QED) is 0.773. The molecule has 0 saturated carbocycles. The van der Waals surface area contributed by atoms with Crippen molar-refractivity contribution in [1.82, 2.24) is 4.98 Å². The number of pyridine rings is 1. The lowest BCUT2D eigenvalue weighted by Gasteiger charge is -2.03. The average Bonchev–Trinajstić information content (AvgIpc) is 2.32. The van der Waals surface area contributed by atoms with E-state index in [1.54, 1.807) is 18.3 Å². The van der Waals surface area contributed by atoms with E-state index in [9.17, 15) is 0 Å². The number of nitrogens with zero attached hydrogens (tertiary/aromatic N) is 1. The highest BCUT2D eigenvalue weighted by Gasteiger charge is 1.98. The van der Waals surface area contributed by atoms with Crippen molar-refractivity contribution in [2.24, 2.45) is 0 Å². The minimum atomic E-state index is -0.303. The summed E-state index contributed by atoms with van der Waals surface area (Å²) in [7, 11) is 0. The summed E-state index contributed by atoms with van der Waals surface area (Å²) in [6.07, 6.45) is 1.76. The Morgan fingerprint density at radius 2 is 1.87 bits per heavy atom. The lowest BCUT2D eigenvalue weighted by molar-refractivity contribution is 0.0985. The van der Waals surface area contributed by atoms with Gasteiger partial charge in [-0.1, -0.05) is 6.07 Å². The van der Waals surface area contributed by atoms with Gasteiger partial charge in [-0.2, -0.15) is 0 Å². The fourth-order valence-corrected chi connectivity index (χ4v) is 1.33. The fraction of sp³-hybridized carbons (Fsp3) is 0.0833. The van der Waals surface area contributed by atoms with E-state index in [0.717, 1.165) is 11.3 Å². The molecule has 0 bridgehead atoms. The van der Waals surface area contributed by atoms with Crippen LogP contribution in [0.1, 0.15) is 0 Å². The number of hydrogen-bond donors (Lipinski definition) is 1. The summed E-state index contributed by atoms with van der Waals surface area (Å²) in [6, 6.07) is 13.2. The molecule has 0 spiro atoms. The molecule has 2 aromatic rings. The van der Waals surface area contributed by atoms with Crippen LogP contribution in [0, 0.1) is 0 Å². The monoisotopic (exact) mass is 201 g/mol. The van der Waals surface area contributed by atoms with Gasteiger partial charge < -0.3 is 9.84 Å². The van der Waals surface area contributed by atoms with E-state index < -0.39 is 0 Å². The molecule has 3 heteroatoms. The number of rotatable bonds is 3. The Labute approximate surface area is 88.0 Å². The van der Waals surface area contributed by atoms with Gasteiger partial charge in [0.1, 0.15) is 5.75 Å². The zero-order valence-corrected chi connectivity index (χ0v) is 8.13. The topological polar surface area (TPSA) is 42.4 Å². The average molecular weight is 201 g/mol. The molecular formula is C12H11NO2. The van der Waals surface area contributed by atoms with Crippen molar-refractivity contribution >= 4 is 0 Å². The Morgan fingerprint density at radius 1 is 1.07 bits per heavy atom. The maximum absolute atomic E-state index is 8.57. The van der Waals surface area contributed by atoms with Crippen LogP contribution in [0.3, 0.4) is 0 Å². The van der Waals surface area contributed by atoms with Crippen molar-refractivity contribution in [3.63, 3.8) is 0 Å². The summed E-state index contributed by atoms with van der Waals surface area (Å²) < 4.78 is 4.93. The third-order valence-electron chi connectivity index (χ3n) is 2.05. The van der Waals surface area contributed by atoms with Crippen LogP contribution in [0.2, 0.25) is 0 Å². The van der Waals surface area contributed by atoms with Gasteiger partial charge in [-0.05, 0) is 36.4 Å². The lowest BCUT2D eigenvalue weighted by atomic mass is 10.1. The van der Waals surface area contributed by atoms with Crippen LogP contribution in [-0.2, 0) is 0 Å². The second kappa shape index (κ2) is 4.57. The van der Waals surface area contributed by atoms with Crippen LogP contribution >= 0.6 is 0 Å². The Bertz CT molecular complexity index is 411. The maximum Gasteiger partial charge on any atom is 0.186 e. The second-order valence-electron chi connectivity index (χ2n) is 3.01. The first-order valence-electron chi connectivity index (χ1n) is 4.65. The van der Waals surface area contributed by atoms with Crippen molar-refractivity contribution in [2.75, 3.05) is 6.79 Å². The Balaban J connectivity index is 2.24. The normalized spacial score (nSPS) is 9.93. The summed E-state index contributed by atoms with van der Waals surface area (Å²) in [5, 5.41) is 8.57. The molecule has 0 aliphatic carbocycles. The first-order chi connectivity index (χ1) is 7.40. The number of aliphatic hydroxyl groups excluding tert-OH is 1. The van der Waals surface area contributed by atoms with Gasteiger partial charge >= 0.3 is 0 Å². The number of ether oxygens (including phenoxy) is 1. The largest absolute Gasteiger partial charge is 0.468 e. The standard InChI is InChI=1S/C12H11NO2/c14-9-15-11-6-4-10(5-7-11)12-3-1-2-8-13-12/h1-8,14H,9H2. The van der Waals surface area contributed by atoms with E-state index in [2.05, 4.69) is 4.98 Å². The van der Waals surface area contributed by atoms with E-state index in [1.807, 2.05) is 30.3 Å². The molecule has 76 valence electrons. The molecule has 1 aromatic carbocycles. The molecule has 0 radical (unpaired) electrons. The Kier molecular flexibility index (Phi) is 2.95. The number of aromatic nitrogens is 1. The van der Waals surface area contributed by atoms with Crippen LogP contribution < -0.4 is 4.74 Å². The smallest absolute Gasteiger partial charge is 0.186 e. The van der Waals surface area contributed by atoms with Gasteiger partial charge in [-0.25, -0.2) is 0 Å². The van der Waals surface area contributed by atoms with Crippen LogP contribution in [-0.4, -0.2) is 16.9 Å².